The maximum Gasteiger partial charge on any atom is 0.414 e. The van der Waals surface area contributed by atoms with Gasteiger partial charge in [0.1, 0.15) is 17.0 Å². The molecule has 2 rings (SSSR count). The number of aromatic nitrogens is 2. The number of ether oxygens (including phenoxy) is 2. The Labute approximate surface area is 154 Å². The Kier molecular flexibility index (Phi) is 5.94. The standard InChI is InChI=1S/C18H20FN3O5/c1-5-26-15(24)13-10-20-16(21-17(25)27-18(2,3)4)22(14(13)23)12-8-6-11(19)7-9-12/h6-10H,5H2,1-4H3,(H,20,21,25). The first-order valence-corrected chi connectivity index (χ1v) is 8.17. The van der Waals surface area contributed by atoms with E-state index in [2.05, 4.69) is 10.3 Å². The van der Waals surface area contributed by atoms with E-state index in [0.717, 1.165) is 22.9 Å². The number of hydrogen-bond donors (Lipinski definition) is 1. The van der Waals surface area contributed by atoms with Crippen molar-refractivity contribution in [3.63, 3.8) is 0 Å². The Bertz CT molecular complexity index is 901. The zero-order chi connectivity index (χ0) is 20.2. The SMILES string of the molecule is CCOC(=O)c1cnc(NC(=O)OC(C)(C)C)n(-c2ccc(F)cc2)c1=O. The van der Waals surface area contributed by atoms with Crippen molar-refractivity contribution < 1.29 is 23.5 Å². The number of carbonyl (C=O) groups is 2. The van der Waals surface area contributed by atoms with E-state index in [9.17, 15) is 18.8 Å². The average Bonchev–Trinajstić information content (AvgIpc) is 2.55. The Morgan fingerprint density at radius 2 is 1.85 bits per heavy atom. The molecule has 1 amide bonds. The van der Waals surface area contributed by atoms with Crippen molar-refractivity contribution >= 4 is 18.0 Å². The topological polar surface area (TPSA) is 99.5 Å². The highest BCUT2D eigenvalue weighted by atomic mass is 19.1. The summed E-state index contributed by atoms with van der Waals surface area (Å²) in [7, 11) is 0. The fourth-order valence-corrected chi connectivity index (χ4v) is 2.12. The van der Waals surface area contributed by atoms with E-state index in [1.807, 2.05) is 0 Å². The van der Waals surface area contributed by atoms with E-state index >= 15 is 0 Å². The molecule has 0 aliphatic carbocycles. The second-order valence-corrected chi connectivity index (χ2v) is 6.46. The number of nitrogens with one attached hydrogen (secondary N) is 1. The molecule has 0 saturated carbocycles. The lowest BCUT2D eigenvalue weighted by atomic mass is 10.2. The van der Waals surface area contributed by atoms with Crippen LogP contribution in [0.15, 0.2) is 35.3 Å². The highest BCUT2D eigenvalue weighted by Gasteiger charge is 2.22. The zero-order valence-electron chi connectivity index (χ0n) is 15.4. The Balaban J connectivity index is 2.54. The second-order valence-electron chi connectivity index (χ2n) is 6.46. The van der Waals surface area contributed by atoms with E-state index in [1.165, 1.54) is 12.1 Å². The van der Waals surface area contributed by atoms with Crippen molar-refractivity contribution in [3.05, 3.63) is 52.2 Å². The highest BCUT2D eigenvalue weighted by Crippen LogP contribution is 2.15. The summed E-state index contributed by atoms with van der Waals surface area (Å²) < 4.78 is 24.2. The van der Waals surface area contributed by atoms with Gasteiger partial charge in [0.15, 0.2) is 0 Å². The number of hydrogen-bond acceptors (Lipinski definition) is 6. The summed E-state index contributed by atoms with van der Waals surface area (Å²) in [5.74, 6) is -1.55. The van der Waals surface area contributed by atoms with Gasteiger partial charge in [0.25, 0.3) is 5.56 Å². The van der Waals surface area contributed by atoms with Gasteiger partial charge in [0, 0.05) is 0 Å². The van der Waals surface area contributed by atoms with E-state index in [-0.39, 0.29) is 23.8 Å². The maximum absolute atomic E-state index is 13.2. The molecule has 144 valence electrons. The zero-order valence-corrected chi connectivity index (χ0v) is 15.4. The molecule has 0 aliphatic rings. The summed E-state index contributed by atoms with van der Waals surface area (Å²) in [6.07, 6.45) is 0.168. The molecule has 0 saturated heterocycles. The fourth-order valence-electron chi connectivity index (χ4n) is 2.12. The molecule has 0 atom stereocenters. The number of amides is 1. The number of benzene rings is 1. The molecule has 8 nitrogen and oxygen atoms in total. The normalized spacial score (nSPS) is 11.0. The predicted molar refractivity (Wildman–Crippen MR) is 95.6 cm³/mol. The lowest BCUT2D eigenvalue weighted by Crippen LogP contribution is -2.33. The summed E-state index contributed by atoms with van der Waals surface area (Å²) in [6.45, 7) is 6.71. The molecular weight excluding hydrogens is 357 g/mol. The summed E-state index contributed by atoms with van der Waals surface area (Å²) >= 11 is 0. The third-order valence-electron chi connectivity index (χ3n) is 3.15. The van der Waals surface area contributed by atoms with Crippen LogP contribution in [-0.4, -0.2) is 33.8 Å². The minimum Gasteiger partial charge on any atom is -0.462 e. The number of halogens is 1. The molecule has 0 bridgehead atoms. The quantitative estimate of drug-likeness (QED) is 0.823. The number of esters is 1. The number of nitrogens with zero attached hydrogens (tertiary/aromatic N) is 2. The third-order valence-corrected chi connectivity index (χ3v) is 3.15. The molecule has 0 fully saturated rings. The Morgan fingerprint density at radius 1 is 1.22 bits per heavy atom. The monoisotopic (exact) mass is 377 g/mol. The molecule has 1 aromatic heterocycles. The Hall–Kier alpha value is -3.23. The molecule has 0 radical (unpaired) electrons. The van der Waals surface area contributed by atoms with Crippen molar-refractivity contribution in [1.29, 1.82) is 0 Å². The lowest BCUT2D eigenvalue weighted by molar-refractivity contribution is 0.0523. The van der Waals surface area contributed by atoms with Crippen molar-refractivity contribution in [2.24, 2.45) is 0 Å². The van der Waals surface area contributed by atoms with E-state index < -0.39 is 29.0 Å². The van der Waals surface area contributed by atoms with Crippen LogP contribution in [0.4, 0.5) is 15.1 Å². The van der Waals surface area contributed by atoms with E-state index in [0.29, 0.717) is 0 Å². The van der Waals surface area contributed by atoms with Gasteiger partial charge in [-0.3, -0.25) is 10.1 Å². The van der Waals surface area contributed by atoms with Crippen molar-refractivity contribution in [2.75, 3.05) is 11.9 Å². The fraction of sp³-hybridized carbons (Fsp3) is 0.333. The van der Waals surface area contributed by atoms with Gasteiger partial charge in [-0.15, -0.1) is 0 Å². The Morgan fingerprint density at radius 3 is 2.41 bits per heavy atom. The molecule has 0 aliphatic heterocycles. The summed E-state index contributed by atoms with van der Waals surface area (Å²) in [6, 6.07) is 4.90. The largest absolute Gasteiger partial charge is 0.462 e. The molecule has 0 unspecified atom stereocenters. The van der Waals surface area contributed by atoms with Crippen LogP contribution in [0.25, 0.3) is 5.69 Å². The van der Waals surface area contributed by atoms with Crippen molar-refractivity contribution in [1.82, 2.24) is 9.55 Å². The van der Waals surface area contributed by atoms with Gasteiger partial charge in [-0.25, -0.2) is 23.5 Å². The van der Waals surface area contributed by atoms with Gasteiger partial charge in [0.05, 0.1) is 18.5 Å². The van der Waals surface area contributed by atoms with Crippen LogP contribution in [0.5, 0.6) is 0 Å². The molecule has 2 aromatic rings. The van der Waals surface area contributed by atoms with Crippen LogP contribution in [0, 0.1) is 5.82 Å². The first-order valence-electron chi connectivity index (χ1n) is 8.17. The summed E-state index contributed by atoms with van der Waals surface area (Å²) in [5, 5.41) is 2.36. The van der Waals surface area contributed by atoms with E-state index in [4.69, 9.17) is 9.47 Å². The first kappa shape index (κ1) is 20.1. The minimum absolute atomic E-state index is 0.0761. The molecule has 1 N–H and O–H groups in total. The summed E-state index contributed by atoms with van der Waals surface area (Å²) in [5.41, 5.74) is -1.67. The van der Waals surface area contributed by atoms with Gasteiger partial charge >= 0.3 is 12.1 Å². The second kappa shape index (κ2) is 7.98. The predicted octanol–water partition coefficient (Wildman–Crippen LogP) is 2.90. The van der Waals surface area contributed by atoms with Crippen LogP contribution in [-0.2, 0) is 9.47 Å². The third kappa shape index (κ3) is 5.13. The molecular formula is C18H20FN3O5. The molecule has 9 heteroatoms. The van der Waals surface area contributed by atoms with Gasteiger partial charge < -0.3 is 9.47 Å². The number of carbonyl (C=O) groups excluding carboxylic acids is 2. The molecule has 1 aromatic carbocycles. The minimum atomic E-state index is -0.852. The van der Waals surface area contributed by atoms with Crippen LogP contribution in [0.1, 0.15) is 38.1 Å². The van der Waals surface area contributed by atoms with E-state index in [1.54, 1.807) is 27.7 Å². The lowest BCUT2D eigenvalue weighted by Gasteiger charge is -2.20. The van der Waals surface area contributed by atoms with Gasteiger partial charge in [-0.05, 0) is 52.0 Å². The van der Waals surface area contributed by atoms with Crippen molar-refractivity contribution in [2.45, 2.75) is 33.3 Å². The van der Waals surface area contributed by atoms with Crippen LogP contribution >= 0.6 is 0 Å². The van der Waals surface area contributed by atoms with Gasteiger partial charge in [0.2, 0.25) is 5.95 Å². The average molecular weight is 377 g/mol. The number of rotatable bonds is 4. The van der Waals surface area contributed by atoms with Crippen LogP contribution in [0.3, 0.4) is 0 Å². The van der Waals surface area contributed by atoms with Crippen LogP contribution in [0.2, 0.25) is 0 Å². The first-order chi connectivity index (χ1) is 12.6. The molecule has 1 heterocycles. The van der Waals surface area contributed by atoms with Gasteiger partial charge in [-0.2, -0.15) is 0 Å². The highest BCUT2D eigenvalue weighted by molar-refractivity contribution is 5.89. The summed E-state index contributed by atoms with van der Waals surface area (Å²) in [4.78, 5) is 40.8. The smallest absolute Gasteiger partial charge is 0.414 e. The molecule has 27 heavy (non-hydrogen) atoms. The molecule has 0 spiro atoms. The van der Waals surface area contributed by atoms with Crippen LogP contribution < -0.4 is 10.9 Å². The number of anilines is 1. The van der Waals surface area contributed by atoms with Crippen molar-refractivity contribution in [3.8, 4) is 5.69 Å². The van der Waals surface area contributed by atoms with Gasteiger partial charge in [-0.1, -0.05) is 0 Å². The maximum atomic E-state index is 13.2.